The van der Waals surface area contributed by atoms with Crippen LogP contribution in [0.4, 0.5) is 0 Å². The maximum Gasteiger partial charge on any atom is 0.262 e. The van der Waals surface area contributed by atoms with Gasteiger partial charge in [-0.25, -0.2) is 4.98 Å². The van der Waals surface area contributed by atoms with Crippen LogP contribution in [-0.4, -0.2) is 34.7 Å². The molecule has 2 heterocycles. The summed E-state index contributed by atoms with van der Waals surface area (Å²) in [5.41, 5.74) is 3.13. The summed E-state index contributed by atoms with van der Waals surface area (Å²) in [7, 11) is 0. The number of hydrogen-bond acceptors (Lipinski definition) is 5. The number of carbonyl (C=O) groups excluding carboxylic acids is 1. The number of hydrogen-bond donors (Lipinski definition) is 1. The van der Waals surface area contributed by atoms with Crippen molar-refractivity contribution in [3.8, 4) is 0 Å². The number of nitrogens with one attached hydrogen (secondary N) is 1. The number of aromatic nitrogens is 2. The van der Waals surface area contributed by atoms with Crippen molar-refractivity contribution in [3.05, 3.63) is 105 Å². The Hall–Kier alpha value is -3.13. The minimum atomic E-state index is -0.126. The average molecular weight is 520 g/mol. The lowest BCUT2D eigenvalue weighted by Crippen LogP contribution is -2.31. The molecule has 0 radical (unpaired) electrons. The minimum Gasteiger partial charge on any atom is -0.376 e. The number of fused-ring (bicyclic) bond motifs is 1. The standard InChI is InChI=1S/C28H26ClN3O3S/c29-22-6-3-5-20(15-22)18-36-28-31-25-9-2-1-8-24(25)27(34)32(28)17-19-10-12-21(13-11-19)26(33)30-16-23-7-4-14-35-23/h1-3,5-6,8-13,15,23H,4,7,14,16-18H2,(H,30,33)/t23-/m1/s1. The van der Waals surface area contributed by atoms with Gasteiger partial charge in [-0.1, -0.05) is 59.8 Å². The molecule has 0 spiro atoms. The van der Waals surface area contributed by atoms with E-state index in [-0.39, 0.29) is 17.6 Å². The number of halogens is 1. The summed E-state index contributed by atoms with van der Waals surface area (Å²) in [5.74, 6) is 0.508. The molecule has 0 aliphatic carbocycles. The minimum absolute atomic E-state index is 0.0902. The van der Waals surface area contributed by atoms with Crippen molar-refractivity contribution in [1.29, 1.82) is 0 Å². The number of carbonyl (C=O) groups is 1. The van der Waals surface area contributed by atoms with Gasteiger partial charge in [-0.2, -0.15) is 0 Å². The van der Waals surface area contributed by atoms with Crippen LogP contribution in [0.1, 0.15) is 34.3 Å². The van der Waals surface area contributed by atoms with Gasteiger partial charge in [-0.3, -0.25) is 14.2 Å². The average Bonchev–Trinajstić information content (AvgIpc) is 3.42. The fraction of sp³-hybridized carbons (Fsp3) is 0.250. The van der Waals surface area contributed by atoms with Crippen molar-refractivity contribution < 1.29 is 9.53 Å². The van der Waals surface area contributed by atoms with E-state index in [4.69, 9.17) is 21.3 Å². The molecule has 1 saturated heterocycles. The van der Waals surface area contributed by atoms with E-state index in [2.05, 4.69) is 5.32 Å². The molecule has 1 N–H and O–H groups in total. The van der Waals surface area contributed by atoms with Gasteiger partial charge in [0.1, 0.15) is 0 Å². The third-order valence-corrected chi connectivity index (χ3v) is 7.44. The summed E-state index contributed by atoms with van der Waals surface area (Å²) in [6.45, 7) is 1.63. The summed E-state index contributed by atoms with van der Waals surface area (Å²) in [4.78, 5) is 30.7. The SMILES string of the molecule is O=C(NC[C@H]1CCCO1)c1ccc(Cn2c(SCc3cccc(Cl)c3)nc3ccccc3c2=O)cc1. The van der Waals surface area contributed by atoms with Gasteiger partial charge in [0.15, 0.2) is 5.16 Å². The van der Waals surface area contributed by atoms with Crippen LogP contribution in [0.5, 0.6) is 0 Å². The predicted molar refractivity (Wildman–Crippen MR) is 144 cm³/mol. The quantitative estimate of drug-likeness (QED) is 0.252. The zero-order chi connectivity index (χ0) is 24.9. The second-order valence-electron chi connectivity index (χ2n) is 8.76. The van der Waals surface area contributed by atoms with Gasteiger partial charge >= 0.3 is 0 Å². The smallest absolute Gasteiger partial charge is 0.262 e. The van der Waals surface area contributed by atoms with Crippen LogP contribution in [0.2, 0.25) is 5.02 Å². The summed E-state index contributed by atoms with van der Waals surface area (Å²) in [5, 5.41) is 4.84. The lowest BCUT2D eigenvalue weighted by Gasteiger charge is -2.14. The maximum absolute atomic E-state index is 13.4. The van der Waals surface area contributed by atoms with Gasteiger partial charge in [0.25, 0.3) is 11.5 Å². The van der Waals surface area contributed by atoms with E-state index >= 15 is 0 Å². The molecule has 1 amide bonds. The van der Waals surface area contributed by atoms with Gasteiger partial charge in [-0.05, 0) is 60.4 Å². The molecule has 1 aliphatic rings. The molecule has 0 saturated carbocycles. The van der Waals surface area contributed by atoms with Crippen LogP contribution in [0.3, 0.4) is 0 Å². The Labute approximate surface area is 218 Å². The lowest BCUT2D eigenvalue weighted by molar-refractivity contribution is 0.0858. The number of amides is 1. The highest BCUT2D eigenvalue weighted by molar-refractivity contribution is 7.98. The van der Waals surface area contributed by atoms with Crippen LogP contribution in [-0.2, 0) is 17.0 Å². The lowest BCUT2D eigenvalue weighted by atomic mass is 10.1. The van der Waals surface area contributed by atoms with Crippen molar-refractivity contribution in [3.63, 3.8) is 0 Å². The summed E-state index contributed by atoms with van der Waals surface area (Å²) in [6.07, 6.45) is 2.12. The fourth-order valence-corrected chi connectivity index (χ4v) is 5.38. The monoisotopic (exact) mass is 519 g/mol. The second kappa shape index (κ2) is 11.3. The Kier molecular flexibility index (Phi) is 7.70. The fourth-order valence-electron chi connectivity index (χ4n) is 4.23. The molecule has 1 fully saturated rings. The van der Waals surface area contributed by atoms with Crippen LogP contribution < -0.4 is 10.9 Å². The molecular formula is C28H26ClN3O3S. The highest BCUT2D eigenvalue weighted by Gasteiger charge is 2.17. The van der Waals surface area contributed by atoms with Crippen molar-refractivity contribution >= 4 is 40.2 Å². The van der Waals surface area contributed by atoms with Crippen LogP contribution >= 0.6 is 23.4 Å². The first kappa shape index (κ1) is 24.6. The summed E-state index contributed by atoms with van der Waals surface area (Å²) >= 11 is 7.64. The van der Waals surface area contributed by atoms with Crippen LogP contribution in [0.25, 0.3) is 10.9 Å². The van der Waals surface area contributed by atoms with E-state index in [0.717, 1.165) is 30.6 Å². The molecule has 5 rings (SSSR count). The molecule has 1 atom stereocenters. The molecule has 1 aromatic heterocycles. The highest BCUT2D eigenvalue weighted by Crippen LogP contribution is 2.24. The molecule has 36 heavy (non-hydrogen) atoms. The Bertz CT molecular complexity index is 1430. The number of benzene rings is 3. The first-order chi connectivity index (χ1) is 17.6. The normalized spacial score (nSPS) is 15.3. The number of ether oxygens (including phenoxy) is 1. The first-order valence-corrected chi connectivity index (χ1v) is 13.3. The molecule has 0 unspecified atom stereocenters. The Morgan fingerprint density at radius 3 is 2.69 bits per heavy atom. The topological polar surface area (TPSA) is 73.2 Å². The van der Waals surface area contributed by atoms with E-state index < -0.39 is 0 Å². The van der Waals surface area contributed by atoms with Crippen LogP contribution in [0, 0.1) is 0 Å². The van der Waals surface area contributed by atoms with E-state index in [9.17, 15) is 9.59 Å². The molecule has 4 aromatic rings. The first-order valence-electron chi connectivity index (χ1n) is 11.9. The predicted octanol–water partition coefficient (Wildman–Crippen LogP) is 5.30. The van der Waals surface area contributed by atoms with E-state index in [1.165, 1.54) is 11.8 Å². The van der Waals surface area contributed by atoms with E-state index in [1.54, 1.807) is 22.8 Å². The van der Waals surface area contributed by atoms with Crippen molar-refractivity contribution in [2.24, 2.45) is 0 Å². The molecule has 6 nitrogen and oxygen atoms in total. The van der Waals surface area contributed by atoms with Crippen molar-refractivity contribution in [2.75, 3.05) is 13.2 Å². The van der Waals surface area contributed by atoms with Gasteiger partial charge in [0.05, 0.1) is 23.6 Å². The third-order valence-electron chi connectivity index (χ3n) is 6.15. The molecule has 8 heteroatoms. The summed E-state index contributed by atoms with van der Waals surface area (Å²) in [6, 6.07) is 22.4. The molecule has 1 aliphatic heterocycles. The molecule has 3 aromatic carbocycles. The zero-order valence-electron chi connectivity index (χ0n) is 19.7. The zero-order valence-corrected chi connectivity index (χ0v) is 21.2. The van der Waals surface area contributed by atoms with Crippen LogP contribution in [0.15, 0.2) is 82.7 Å². The van der Waals surface area contributed by atoms with Crippen molar-refractivity contribution in [1.82, 2.24) is 14.9 Å². The Morgan fingerprint density at radius 1 is 1.08 bits per heavy atom. The van der Waals surface area contributed by atoms with Gasteiger partial charge < -0.3 is 10.1 Å². The molecule has 0 bridgehead atoms. The highest BCUT2D eigenvalue weighted by atomic mass is 35.5. The van der Waals surface area contributed by atoms with E-state index in [0.29, 0.717) is 45.5 Å². The van der Waals surface area contributed by atoms with Gasteiger partial charge in [0.2, 0.25) is 0 Å². The number of rotatable bonds is 8. The number of thioether (sulfide) groups is 1. The van der Waals surface area contributed by atoms with Gasteiger partial charge in [-0.15, -0.1) is 0 Å². The second-order valence-corrected chi connectivity index (χ2v) is 10.1. The summed E-state index contributed by atoms with van der Waals surface area (Å²) < 4.78 is 7.27. The molecular weight excluding hydrogens is 494 g/mol. The number of para-hydroxylation sites is 1. The Balaban J connectivity index is 1.36. The largest absolute Gasteiger partial charge is 0.376 e. The van der Waals surface area contributed by atoms with E-state index in [1.807, 2.05) is 54.6 Å². The third kappa shape index (κ3) is 5.81. The molecule has 184 valence electrons. The van der Waals surface area contributed by atoms with Gasteiger partial charge in [0, 0.05) is 29.5 Å². The number of nitrogens with zero attached hydrogens (tertiary/aromatic N) is 2. The maximum atomic E-state index is 13.4. The Morgan fingerprint density at radius 2 is 1.92 bits per heavy atom. The van der Waals surface area contributed by atoms with Crippen molar-refractivity contribution in [2.45, 2.75) is 36.4 Å².